The number of alkyl halides is 1. The molecule has 0 saturated carbocycles. The van der Waals surface area contributed by atoms with Crippen LogP contribution in [-0.4, -0.2) is 29.2 Å². The maximum absolute atomic E-state index is 12.3. The zero-order valence-corrected chi connectivity index (χ0v) is 11.7. The van der Waals surface area contributed by atoms with Gasteiger partial charge >= 0.3 is 0 Å². The first-order chi connectivity index (χ1) is 8.74. The van der Waals surface area contributed by atoms with Gasteiger partial charge in [-0.15, -0.1) is 0 Å². The molecule has 1 atom stereocenters. The number of hydrogen-bond acceptors (Lipinski definition) is 2. The summed E-state index contributed by atoms with van der Waals surface area (Å²) in [7, 11) is 0. The minimum Gasteiger partial charge on any atom is -0.338 e. The number of carbonyl (C=O) groups excluding carboxylic acids is 1. The van der Waals surface area contributed by atoms with Crippen molar-refractivity contribution >= 4 is 21.8 Å². The normalized spacial score (nSPS) is 18.7. The molecule has 0 radical (unpaired) electrons. The van der Waals surface area contributed by atoms with Crippen LogP contribution in [0, 0.1) is 17.2 Å². The molecule has 1 aliphatic heterocycles. The van der Waals surface area contributed by atoms with E-state index in [4.69, 9.17) is 5.26 Å². The molecule has 0 spiro atoms. The number of rotatable bonds is 3. The zero-order valence-electron chi connectivity index (χ0n) is 10.1. The van der Waals surface area contributed by atoms with Crippen LogP contribution in [0.2, 0.25) is 0 Å². The Kier molecular flexibility index (Phi) is 4.38. The second kappa shape index (κ2) is 6.01. The molecule has 1 saturated heterocycles. The second-order valence-electron chi connectivity index (χ2n) is 4.58. The van der Waals surface area contributed by atoms with E-state index in [9.17, 15) is 4.79 Å². The number of hydrogen-bond donors (Lipinski definition) is 0. The quantitative estimate of drug-likeness (QED) is 0.806. The van der Waals surface area contributed by atoms with E-state index < -0.39 is 0 Å². The molecule has 0 aliphatic carbocycles. The summed E-state index contributed by atoms with van der Waals surface area (Å²) in [5.74, 6) is 0.650. The van der Waals surface area contributed by atoms with E-state index in [2.05, 4.69) is 22.0 Å². The average molecular weight is 307 g/mol. The van der Waals surface area contributed by atoms with Crippen LogP contribution in [0.25, 0.3) is 0 Å². The molecule has 18 heavy (non-hydrogen) atoms. The molecule has 1 aromatic rings. The van der Waals surface area contributed by atoms with E-state index in [1.54, 1.807) is 24.3 Å². The third-order valence-corrected chi connectivity index (χ3v) is 3.79. The Balaban J connectivity index is 2.06. The van der Waals surface area contributed by atoms with Crippen LogP contribution < -0.4 is 0 Å². The Hall–Kier alpha value is -1.34. The minimum atomic E-state index is 0.0455. The summed E-state index contributed by atoms with van der Waals surface area (Å²) < 4.78 is 0. The Morgan fingerprint density at radius 3 is 3.11 bits per heavy atom. The van der Waals surface area contributed by atoms with Crippen LogP contribution in [-0.2, 0) is 0 Å². The van der Waals surface area contributed by atoms with Crippen molar-refractivity contribution in [2.24, 2.45) is 5.92 Å². The monoisotopic (exact) mass is 306 g/mol. The van der Waals surface area contributed by atoms with Crippen molar-refractivity contribution in [3.05, 3.63) is 35.4 Å². The highest BCUT2D eigenvalue weighted by molar-refractivity contribution is 9.09. The lowest BCUT2D eigenvalue weighted by Gasteiger charge is -2.16. The van der Waals surface area contributed by atoms with Crippen molar-refractivity contribution in [3.8, 4) is 6.07 Å². The first-order valence-corrected chi connectivity index (χ1v) is 7.22. The largest absolute Gasteiger partial charge is 0.338 e. The molecule has 1 heterocycles. The van der Waals surface area contributed by atoms with Crippen LogP contribution in [0.5, 0.6) is 0 Å². The molecule has 2 rings (SSSR count). The van der Waals surface area contributed by atoms with Crippen molar-refractivity contribution < 1.29 is 4.79 Å². The highest BCUT2D eigenvalue weighted by Gasteiger charge is 2.26. The van der Waals surface area contributed by atoms with Crippen LogP contribution in [0.1, 0.15) is 28.8 Å². The van der Waals surface area contributed by atoms with E-state index >= 15 is 0 Å². The number of halogens is 1. The van der Waals surface area contributed by atoms with E-state index in [-0.39, 0.29) is 5.91 Å². The fourth-order valence-electron chi connectivity index (χ4n) is 2.31. The Bertz CT molecular complexity index is 481. The van der Waals surface area contributed by atoms with Gasteiger partial charge in [0.25, 0.3) is 5.91 Å². The highest BCUT2D eigenvalue weighted by Crippen LogP contribution is 2.22. The summed E-state index contributed by atoms with van der Waals surface area (Å²) >= 11 is 3.44. The standard InChI is InChI=1S/C14H15BrN2O/c15-6-4-11-5-7-17(10-11)14(18)13-3-1-2-12(8-13)9-16/h1-3,8,11H,4-7,10H2. The van der Waals surface area contributed by atoms with Crippen molar-refractivity contribution in [1.29, 1.82) is 5.26 Å². The van der Waals surface area contributed by atoms with Crippen LogP contribution in [0.15, 0.2) is 24.3 Å². The fourth-order valence-corrected chi connectivity index (χ4v) is 2.96. The molecular formula is C14H15BrN2O. The van der Waals surface area contributed by atoms with Gasteiger partial charge in [0.2, 0.25) is 0 Å². The predicted molar refractivity (Wildman–Crippen MR) is 73.6 cm³/mol. The fraction of sp³-hybridized carbons (Fsp3) is 0.429. The Morgan fingerprint density at radius 2 is 2.39 bits per heavy atom. The minimum absolute atomic E-state index is 0.0455. The zero-order chi connectivity index (χ0) is 13.0. The van der Waals surface area contributed by atoms with Crippen molar-refractivity contribution in [1.82, 2.24) is 4.90 Å². The van der Waals surface area contributed by atoms with E-state index in [0.29, 0.717) is 17.0 Å². The van der Waals surface area contributed by atoms with Gasteiger partial charge in [0.05, 0.1) is 11.6 Å². The first kappa shape index (κ1) is 13.1. The lowest BCUT2D eigenvalue weighted by atomic mass is 10.1. The van der Waals surface area contributed by atoms with Gasteiger partial charge in [0.15, 0.2) is 0 Å². The molecule has 0 bridgehead atoms. The van der Waals surface area contributed by atoms with Crippen molar-refractivity contribution in [2.75, 3.05) is 18.4 Å². The van der Waals surface area contributed by atoms with Crippen LogP contribution >= 0.6 is 15.9 Å². The first-order valence-electron chi connectivity index (χ1n) is 6.10. The van der Waals surface area contributed by atoms with Crippen molar-refractivity contribution in [3.63, 3.8) is 0 Å². The molecule has 0 N–H and O–H groups in total. The number of amides is 1. The van der Waals surface area contributed by atoms with Gasteiger partial charge < -0.3 is 4.90 Å². The lowest BCUT2D eigenvalue weighted by molar-refractivity contribution is 0.0787. The summed E-state index contributed by atoms with van der Waals surface area (Å²) in [4.78, 5) is 14.2. The van der Waals surface area contributed by atoms with Gasteiger partial charge in [0.1, 0.15) is 0 Å². The number of nitriles is 1. The summed E-state index contributed by atoms with van der Waals surface area (Å²) in [6.07, 6.45) is 2.19. The van der Waals surface area contributed by atoms with E-state index in [1.807, 2.05) is 4.90 Å². The SMILES string of the molecule is N#Cc1cccc(C(=O)N2CCC(CCBr)C2)c1. The van der Waals surface area contributed by atoms with Gasteiger partial charge in [-0.3, -0.25) is 4.79 Å². The van der Waals surface area contributed by atoms with Gasteiger partial charge in [-0.1, -0.05) is 22.0 Å². The second-order valence-corrected chi connectivity index (χ2v) is 5.37. The molecule has 4 heteroatoms. The topological polar surface area (TPSA) is 44.1 Å². The maximum atomic E-state index is 12.3. The highest BCUT2D eigenvalue weighted by atomic mass is 79.9. The number of nitrogens with zero attached hydrogens (tertiary/aromatic N) is 2. The maximum Gasteiger partial charge on any atom is 0.253 e. The molecule has 1 aliphatic rings. The number of benzene rings is 1. The molecule has 3 nitrogen and oxygen atoms in total. The molecule has 1 fully saturated rings. The Labute approximate surface area is 116 Å². The summed E-state index contributed by atoms with van der Waals surface area (Å²) in [6.45, 7) is 1.66. The third kappa shape index (κ3) is 2.91. The molecule has 1 amide bonds. The lowest BCUT2D eigenvalue weighted by Crippen LogP contribution is -2.28. The number of likely N-dealkylation sites (tertiary alicyclic amines) is 1. The van der Waals surface area contributed by atoms with Crippen molar-refractivity contribution in [2.45, 2.75) is 12.8 Å². The molecule has 94 valence electrons. The van der Waals surface area contributed by atoms with Crippen LogP contribution in [0.3, 0.4) is 0 Å². The Morgan fingerprint density at radius 1 is 1.56 bits per heavy atom. The van der Waals surface area contributed by atoms with Gasteiger partial charge in [-0.2, -0.15) is 5.26 Å². The van der Waals surface area contributed by atoms with E-state index in [0.717, 1.165) is 31.3 Å². The van der Waals surface area contributed by atoms with E-state index in [1.165, 1.54) is 0 Å². The van der Waals surface area contributed by atoms with Crippen LogP contribution in [0.4, 0.5) is 0 Å². The molecule has 0 aromatic heterocycles. The van der Waals surface area contributed by atoms with Gasteiger partial charge in [-0.25, -0.2) is 0 Å². The summed E-state index contributed by atoms with van der Waals surface area (Å²) in [6, 6.07) is 8.99. The summed E-state index contributed by atoms with van der Waals surface area (Å²) in [5, 5.41) is 9.83. The molecular weight excluding hydrogens is 292 g/mol. The third-order valence-electron chi connectivity index (χ3n) is 3.33. The van der Waals surface area contributed by atoms with Gasteiger partial charge in [0, 0.05) is 24.0 Å². The molecule has 1 unspecified atom stereocenters. The predicted octanol–water partition coefficient (Wildman–Crippen LogP) is 2.81. The average Bonchev–Trinajstić information content (AvgIpc) is 2.87. The smallest absolute Gasteiger partial charge is 0.253 e. The number of carbonyl (C=O) groups is 1. The summed E-state index contributed by atoms with van der Waals surface area (Å²) in [5.41, 5.74) is 1.16. The van der Waals surface area contributed by atoms with Gasteiger partial charge in [-0.05, 0) is 37.0 Å². The molecule has 1 aromatic carbocycles.